The van der Waals surface area contributed by atoms with E-state index in [1.54, 1.807) is 12.1 Å². The number of hydrogen-bond donors (Lipinski definition) is 1. The Hall–Kier alpha value is -1.53. The number of rotatable bonds is 3. The van der Waals surface area contributed by atoms with E-state index in [2.05, 4.69) is 28.6 Å². The Morgan fingerprint density at radius 3 is 2.65 bits per heavy atom. The van der Waals surface area contributed by atoms with Crippen molar-refractivity contribution in [3.05, 3.63) is 35.4 Å². The van der Waals surface area contributed by atoms with Crippen molar-refractivity contribution in [2.24, 2.45) is 4.99 Å². The molecule has 1 saturated heterocycles. The van der Waals surface area contributed by atoms with Gasteiger partial charge < -0.3 is 10.0 Å². The minimum Gasteiger partial charge on any atom is -0.478 e. The van der Waals surface area contributed by atoms with Crippen LogP contribution in [0.2, 0.25) is 0 Å². The predicted molar refractivity (Wildman–Crippen MR) is 94.2 cm³/mol. The van der Waals surface area contributed by atoms with Gasteiger partial charge in [-0.25, -0.2) is 4.79 Å². The first kappa shape index (κ1) is 16.3. The second kappa shape index (κ2) is 6.53. The van der Waals surface area contributed by atoms with Crippen molar-refractivity contribution in [1.82, 2.24) is 9.80 Å². The van der Waals surface area contributed by atoms with Gasteiger partial charge in [0, 0.05) is 37.5 Å². The summed E-state index contributed by atoms with van der Waals surface area (Å²) in [6, 6.07) is 7.23. The SMILES string of the molecule is CC1(C)CN=C(N2CCN(Cc3cccc(C(=O)O)c3)CC2)S1. The summed E-state index contributed by atoms with van der Waals surface area (Å²) in [6.07, 6.45) is 0. The molecule has 5 nitrogen and oxygen atoms in total. The standard InChI is InChI=1S/C17H23N3O2S/c1-17(2)12-18-16(23-17)20-8-6-19(7-9-20)11-13-4-3-5-14(10-13)15(21)22/h3-5,10H,6-9,11-12H2,1-2H3,(H,21,22). The van der Waals surface area contributed by atoms with E-state index in [0.29, 0.717) is 5.56 Å². The van der Waals surface area contributed by atoms with Gasteiger partial charge >= 0.3 is 5.97 Å². The maximum absolute atomic E-state index is 11.1. The highest BCUT2D eigenvalue weighted by molar-refractivity contribution is 8.15. The molecular formula is C17H23N3O2S. The average molecular weight is 333 g/mol. The molecule has 0 bridgehead atoms. The third-order valence-corrected chi connectivity index (χ3v) is 5.44. The summed E-state index contributed by atoms with van der Waals surface area (Å²) >= 11 is 1.88. The molecule has 1 N–H and O–H groups in total. The lowest BCUT2D eigenvalue weighted by atomic mass is 10.1. The Kier molecular flexibility index (Phi) is 4.64. The van der Waals surface area contributed by atoms with E-state index in [9.17, 15) is 4.79 Å². The molecule has 0 aliphatic carbocycles. The van der Waals surface area contributed by atoms with Crippen LogP contribution in [0.3, 0.4) is 0 Å². The minimum atomic E-state index is -0.865. The Bertz CT molecular complexity index is 622. The lowest BCUT2D eigenvalue weighted by Crippen LogP contribution is -2.47. The van der Waals surface area contributed by atoms with Crippen molar-refractivity contribution in [3.8, 4) is 0 Å². The van der Waals surface area contributed by atoms with Crippen LogP contribution in [0.4, 0.5) is 0 Å². The Labute approximate surface area is 141 Å². The molecule has 0 amide bonds. The number of nitrogens with zero attached hydrogens (tertiary/aromatic N) is 3. The van der Waals surface area contributed by atoms with Gasteiger partial charge in [0.05, 0.1) is 12.1 Å². The first-order valence-electron chi connectivity index (χ1n) is 7.96. The van der Waals surface area contributed by atoms with Crippen LogP contribution in [0.15, 0.2) is 29.3 Å². The van der Waals surface area contributed by atoms with Gasteiger partial charge in [-0.1, -0.05) is 23.9 Å². The fourth-order valence-corrected chi connectivity index (χ4v) is 3.96. The molecule has 2 aliphatic heterocycles. The van der Waals surface area contributed by atoms with Gasteiger partial charge in [0.1, 0.15) is 0 Å². The Balaban J connectivity index is 1.54. The number of amidine groups is 1. The largest absolute Gasteiger partial charge is 0.478 e. The maximum atomic E-state index is 11.1. The minimum absolute atomic E-state index is 0.226. The number of hydrogen-bond acceptors (Lipinski definition) is 5. The lowest BCUT2D eigenvalue weighted by molar-refractivity contribution is 0.0696. The second-order valence-electron chi connectivity index (χ2n) is 6.73. The van der Waals surface area contributed by atoms with E-state index in [1.165, 1.54) is 5.17 Å². The Morgan fingerprint density at radius 1 is 1.30 bits per heavy atom. The molecule has 6 heteroatoms. The molecule has 0 saturated carbocycles. The zero-order valence-corrected chi connectivity index (χ0v) is 14.5. The van der Waals surface area contributed by atoms with Crippen LogP contribution in [0.1, 0.15) is 29.8 Å². The summed E-state index contributed by atoms with van der Waals surface area (Å²) in [5.41, 5.74) is 1.42. The molecule has 2 heterocycles. The molecule has 2 aliphatic rings. The van der Waals surface area contributed by atoms with Crippen LogP contribution in [-0.2, 0) is 6.54 Å². The number of carboxylic acids is 1. The average Bonchev–Trinajstić information content (AvgIpc) is 2.88. The highest BCUT2D eigenvalue weighted by atomic mass is 32.2. The van der Waals surface area contributed by atoms with E-state index in [4.69, 9.17) is 5.11 Å². The van der Waals surface area contributed by atoms with E-state index < -0.39 is 5.97 Å². The van der Waals surface area contributed by atoms with E-state index in [-0.39, 0.29) is 4.75 Å². The van der Waals surface area contributed by atoms with Crippen LogP contribution in [0, 0.1) is 0 Å². The number of thioether (sulfide) groups is 1. The first-order valence-corrected chi connectivity index (χ1v) is 8.78. The van der Waals surface area contributed by atoms with Crippen LogP contribution in [-0.4, -0.2) is 63.5 Å². The first-order chi connectivity index (χ1) is 10.9. The monoisotopic (exact) mass is 333 g/mol. The molecule has 0 unspecified atom stereocenters. The van der Waals surface area contributed by atoms with E-state index >= 15 is 0 Å². The summed E-state index contributed by atoms with van der Waals surface area (Å²) in [6.45, 7) is 10.1. The third kappa shape index (κ3) is 4.06. The topological polar surface area (TPSA) is 56.1 Å². The van der Waals surface area contributed by atoms with Gasteiger partial charge in [0.2, 0.25) is 0 Å². The number of carboxylic acid groups (broad SMARTS) is 1. The van der Waals surface area contributed by atoms with Gasteiger partial charge in [-0.15, -0.1) is 0 Å². The zero-order chi connectivity index (χ0) is 16.4. The maximum Gasteiger partial charge on any atom is 0.335 e. The zero-order valence-electron chi connectivity index (χ0n) is 13.7. The summed E-state index contributed by atoms with van der Waals surface area (Å²) in [5, 5.41) is 10.3. The smallest absolute Gasteiger partial charge is 0.335 e. The van der Waals surface area contributed by atoms with Crippen molar-refractivity contribution < 1.29 is 9.90 Å². The van der Waals surface area contributed by atoms with Crippen LogP contribution < -0.4 is 0 Å². The quantitative estimate of drug-likeness (QED) is 0.920. The second-order valence-corrected chi connectivity index (χ2v) is 8.40. The van der Waals surface area contributed by atoms with Gasteiger partial charge in [-0.05, 0) is 31.5 Å². The van der Waals surface area contributed by atoms with Gasteiger partial charge in [-0.2, -0.15) is 0 Å². The molecular weight excluding hydrogens is 310 g/mol. The van der Waals surface area contributed by atoms with Crippen molar-refractivity contribution in [2.45, 2.75) is 25.1 Å². The van der Waals surface area contributed by atoms with Gasteiger partial charge in [-0.3, -0.25) is 9.89 Å². The van der Waals surface area contributed by atoms with Crippen molar-refractivity contribution >= 4 is 22.9 Å². The van der Waals surface area contributed by atoms with Crippen LogP contribution in [0.5, 0.6) is 0 Å². The van der Waals surface area contributed by atoms with E-state index in [1.807, 2.05) is 23.9 Å². The molecule has 0 spiro atoms. The van der Waals surface area contributed by atoms with Gasteiger partial charge in [0.25, 0.3) is 0 Å². The van der Waals surface area contributed by atoms with Crippen molar-refractivity contribution in [1.29, 1.82) is 0 Å². The van der Waals surface area contributed by atoms with E-state index in [0.717, 1.165) is 44.8 Å². The number of carbonyl (C=O) groups is 1. The molecule has 0 atom stereocenters. The summed E-state index contributed by atoms with van der Waals surface area (Å²) in [7, 11) is 0. The number of aliphatic imine (C=N–C) groups is 1. The highest BCUT2D eigenvalue weighted by Crippen LogP contribution is 2.33. The van der Waals surface area contributed by atoms with Crippen molar-refractivity contribution in [3.63, 3.8) is 0 Å². The van der Waals surface area contributed by atoms with Crippen molar-refractivity contribution in [2.75, 3.05) is 32.7 Å². The van der Waals surface area contributed by atoms with Crippen LogP contribution >= 0.6 is 11.8 Å². The molecule has 1 aromatic carbocycles. The number of benzene rings is 1. The molecule has 1 aromatic rings. The fraction of sp³-hybridized carbons (Fsp3) is 0.529. The molecule has 3 rings (SSSR count). The fourth-order valence-electron chi connectivity index (χ4n) is 2.89. The van der Waals surface area contributed by atoms with Gasteiger partial charge in [0.15, 0.2) is 5.17 Å². The molecule has 124 valence electrons. The summed E-state index contributed by atoms with van der Waals surface area (Å²) < 4.78 is 0.226. The lowest BCUT2D eigenvalue weighted by Gasteiger charge is -2.36. The number of piperazine rings is 1. The number of aromatic carboxylic acids is 1. The Morgan fingerprint density at radius 2 is 2.04 bits per heavy atom. The third-order valence-electron chi connectivity index (χ3n) is 4.19. The molecule has 1 fully saturated rings. The summed E-state index contributed by atoms with van der Waals surface area (Å²) in [4.78, 5) is 20.5. The molecule has 0 radical (unpaired) electrons. The molecule has 23 heavy (non-hydrogen) atoms. The summed E-state index contributed by atoms with van der Waals surface area (Å²) in [5.74, 6) is -0.865. The normalized spacial score (nSPS) is 21.3. The molecule has 0 aromatic heterocycles. The highest BCUT2D eigenvalue weighted by Gasteiger charge is 2.31. The predicted octanol–water partition coefficient (Wildman–Crippen LogP) is 2.38. The van der Waals surface area contributed by atoms with Crippen LogP contribution in [0.25, 0.3) is 0 Å².